The first kappa shape index (κ1) is 32.4. The normalized spacial score (nSPS) is 11.9. The van der Waals surface area contributed by atoms with Crippen molar-refractivity contribution >= 4 is 33.7 Å². The third kappa shape index (κ3) is 8.75. The summed E-state index contributed by atoms with van der Waals surface area (Å²) < 4.78 is 44.7. The molecule has 0 spiro atoms. The van der Waals surface area contributed by atoms with Crippen LogP contribution < -0.4 is 19.5 Å². The lowest BCUT2D eigenvalue weighted by Crippen LogP contribution is -2.45. The quantitative estimate of drug-likeness (QED) is 0.158. The second-order valence-electron chi connectivity index (χ2n) is 10.7. The molecule has 0 saturated heterocycles. The van der Waals surface area contributed by atoms with Crippen LogP contribution in [0.1, 0.15) is 26.3 Å². The first-order chi connectivity index (χ1) is 20.9. The van der Waals surface area contributed by atoms with E-state index in [1.807, 2.05) is 66.7 Å². The molecule has 0 aromatic heterocycles. The van der Waals surface area contributed by atoms with E-state index in [0.717, 1.165) is 33.6 Å². The van der Waals surface area contributed by atoms with Gasteiger partial charge in [0, 0.05) is 11.1 Å². The van der Waals surface area contributed by atoms with E-state index < -0.39 is 21.7 Å². The smallest absolute Gasteiger partial charge is 0.414 e. The fourth-order valence-corrected chi connectivity index (χ4v) is 5.35. The number of ether oxygens (including phenoxy) is 3. The maximum Gasteiger partial charge on any atom is 0.414 e. The minimum Gasteiger partial charge on any atom is -0.497 e. The average molecular weight is 636 g/mol. The lowest BCUT2D eigenvalue weighted by atomic mass is 9.93. The van der Waals surface area contributed by atoms with Crippen molar-refractivity contribution in [1.82, 2.24) is 10.0 Å². The molecule has 0 unspecified atom stereocenters. The van der Waals surface area contributed by atoms with Gasteiger partial charge >= 0.3 is 6.09 Å². The van der Waals surface area contributed by atoms with E-state index in [0.29, 0.717) is 10.8 Å². The summed E-state index contributed by atoms with van der Waals surface area (Å²) in [4.78, 5) is 17.0. The number of methoxy groups -OCH3 is 2. The molecule has 0 aliphatic heterocycles. The molecule has 11 heteroatoms. The van der Waals surface area contributed by atoms with Crippen LogP contribution in [0.15, 0.2) is 101 Å². The van der Waals surface area contributed by atoms with Crippen LogP contribution >= 0.6 is 11.6 Å². The van der Waals surface area contributed by atoms with Crippen molar-refractivity contribution in [3.63, 3.8) is 0 Å². The Balaban J connectivity index is 1.71. The summed E-state index contributed by atoms with van der Waals surface area (Å²) in [6.45, 7) is 5.14. The van der Waals surface area contributed by atoms with Crippen molar-refractivity contribution in [2.75, 3.05) is 14.2 Å². The Morgan fingerprint density at radius 2 is 1.45 bits per heavy atom. The summed E-state index contributed by atoms with van der Waals surface area (Å²) >= 11 is 6.13. The van der Waals surface area contributed by atoms with Gasteiger partial charge in [-0.15, -0.1) is 0 Å². The summed E-state index contributed by atoms with van der Waals surface area (Å²) in [6.07, 6.45) is -0.860. The summed E-state index contributed by atoms with van der Waals surface area (Å²) in [5.74, 6) is 0.789. The molecule has 0 radical (unpaired) electrons. The molecule has 9 nitrogen and oxygen atoms in total. The maximum absolute atomic E-state index is 13.2. The van der Waals surface area contributed by atoms with Crippen LogP contribution in [0.2, 0.25) is 5.02 Å². The Labute approximate surface area is 262 Å². The number of amides is 1. The molecule has 1 amide bonds. The van der Waals surface area contributed by atoms with Gasteiger partial charge in [-0.1, -0.05) is 54.1 Å². The zero-order valence-corrected chi connectivity index (χ0v) is 26.6. The number of sulfonamides is 1. The number of hydrogen-bond donors (Lipinski definition) is 2. The molecule has 0 aliphatic carbocycles. The zero-order valence-electron chi connectivity index (χ0n) is 25.1. The number of carbonyl (C=O) groups excluding carboxylic acids is 1. The first-order valence-corrected chi connectivity index (χ1v) is 15.5. The first-order valence-electron chi connectivity index (χ1n) is 13.6. The highest BCUT2D eigenvalue weighted by Crippen LogP contribution is 2.34. The van der Waals surface area contributed by atoms with Gasteiger partial charge in [0.05, 0.1) is 25.7 Å². The number of benzene rings is 4. The fourth-order valence-electron chi connectivity index (χ4n) is 4.20. The largest absolute Gasteiger partial charge is 0.497 e. The molecule has 4 aromatic carbocycles. The van der Waals surface area contributed by atoms with Gasteiger partial charge in [0.1, 0.15) is 17.1 Å². The third-order valence-electron chi connectivity index (χ3n) is 6.26. The molecule has 0 fully saturated rings. The third-order valence-corrected chi connectivity index (χ3v) is 7.85. The second kappa shape index (κ2) is 13.8. The summed E-state index contributed by atoms with van der Waals surface area (Å²) in [5.41, 5.74) is 3.73. The Kier molecular flexibility index (Phi) is 10.2. The molecule has 4 aromatic rings. The van der Waals surface area contributed by atoms with E-state index in [2.05, 4.69) is 15.0 Å². The Morgan fingerprint density at radius 3 is 2.09 bits per heavy atom. The molecule has 0 heterocycles. The van der Waals surface area contributed by atoms with Crippen molar-refractivity contribution < 1.29 is 27.4 Å². The highest BCUT2D eigenvalue weighted by atomic mass is 35.5. The molecule has 0 atom stereocenters. The van der Waals surface area contributed by atoms with Crippen LogP contribution in [0, 0.1) is 0 Å². The standard InChI is InChI=1S/C33H34ClN3O6S/c1-33(2,3)43-32(38)36-31(37-44(39,40)28-8-6-7-27(20-28)42-5)35-21-22-9-18-29(23-10-14-25(34)15-11-23)30(19-22)24-12-16-26(41-4)17-13-24/h6-20H,21H2,1-5H3,(H2,35,36,37,38). The minimum absolute atomic E-state index is 0.0375. The Hall–Kier alpha value is -4.54. The average Bonchev–Trinajstić information content (AvgIpc) is 2.99. The summed E-state index contributed by atoms with van der Waals surface area (Å²) in [5, 5.41) is 3.07. The highest BCUT2D eigenvalue weighted by molar-refractivity contribution is 7.90. The van der Waals surface area contributed by atoms with Gasteiger partial charge in [0.2, 0.25) is 5.96 Å². The number of aliphatic imine (C=N–C) groups is 1. The molecular weight excluding hydrogens is 602 g/mol. The Bertz CT molecular complexity index is 1750. The van der Waals surface area contributed by atoms with Gasteiger partial charge < -0.3 is 14.2 Å². The Morgan fingerprint density at radius 1 is 0.818 bits per heavy atom. The van der Waals surface area contributed by atoms with Crippen molar-refractivity contribution in [1.29, 1.82) is 0 Å². The van der Waals surface area contributed by atoms with Gasteiger partial charge in [-0.3, -0.25) is 5.32 Å². The van der Waals surface area contributed by atoms with Gasteiger partial charge in [-0.05, 0) is 91.1 Å². The van der Waals surface area contributed by atoms with Crippen LogP contribution in [0.25, 0.3) is 22.3 Å². The fraction of sp³-hybridized carbons (Fsp3) is 0.212. The van der Waals surface area contributed by atoms with Gasteiger partial charge in [0.25, 0.3) is 10.0 Å². The molecule has 0 aliphatic rings. The van der Waals surface area contributed by atoms with Crippen LogP contribution in [-0.2, 0) is 21.3 Å². The van der Waals surface area contributed by atoms with Crippen molar-refractivity contribution in [3.05, 3.63) is 102 Å². The number of rotatable bonds is 8. The summed E-state index contributed by atoms with van der Waals surface area (Å²) in [6, 6.07) is 27.0. The highest BCUT2D eigenvalue weighted by Gasteiger charge is 2.22. The zero-order chi connectivity index (χ0) is 31.9. The van der Waals surface area contributed by atoms with Crippen LogP contribution in [0.5, 0.6) is 11.5 Å². The maximum atomic E-state index is 13.2. The number of guanidine groups is 1. The molecule has 2 N–H and O–H groups in total. The lowest BCUT2D eigenvalue weighted by molar-refractivity contribution is 0.0562. The van der Waals surface area contributed by atoms with Crippen molar-refractivity contribution in [2.45, 2.75) is 37.8 Å². The van der Waals surface area contributed by atoms with Crippen LogP contribution in [0.3, 0.4) is 0 Å². The molecule has 0 saturated carbocycles. The summed E-state index contributed by atoms with van der Waals surface area (Å²) in [7, 11) is -1.10. The number of halogens is 1. The minimum atomic E-state index is -4.14. The molecule has 230 valence electrons. The SMILES string of the molecule is COc1ccc(-c2cc(CN=C(NC(=O)OC(C)(C)C)NS(=O)(=O)c3cccc(OC)c3)ccc2-c2ccc(Cl)cc2)cc1. The van der Waals surface area contributed by atoms with Crippen molar-refractivity contribution in [2.24, 2.45) is 4.99 Å². The molecular formula is C33H34ClN3O6S. The molecule has 44 heavy (non-hydrogen) atoms. The van der Waals surface area contributed by atoms with E-state index in [1.165, 1.54) is 19.2 Å². The predicted octanol–water partition coefficient (Wildman–Crippen LogP) is 7.05. The van der Waals surface area contributed by atoms with Gasteiger partial charge in [-0.25, -0.2) is 22.9 Å². The number of carbonyl (C=O) groups is 1. The number of nitrogens with zero attached hydrogens (tertiary/aromatic N) is 1. The predicted molar refractivity (Wildman–Crippen MR) is 173 cm³/mol. The lowest BCUT2D eigenvalue weighted by Gasteiger charge is -2.20. The molecule has 4 rings (SSSR count). The van der Waals surface area contributed by atoms with Crippen LogP contribution in [-0.4, -0.2) is 40.3 Å². The van der Waals surface area contributed by atoms with Crippen molar-refractivity contribution in [3.8, 4) is 33.8 Å². The van der Waals surface area contributed by atoms with E-state index in [9.17, 15) is 13.2 Å². The topological polar surface area (TPSA) is 115 Å². The number of hydrogen-bond acceptors (Lipinski definition) is 7. The number of alkyl carbamates (subject to hydrolysis) is 1. The second-order valence-corrected chi connectivity index (χ2v) is 12.8. The van der Waals surface area contributed by atoms with E-state index in [-0.39, 0.29) is 17.4 Å². The van der Waals surface area contributed by atoms with Gasteiger partial charge in [-0.2, -0.15) is 0 Å². The van der Waals surface area contributed by atoms with E-state index >= 15 is 0 Å². The monoisotopic (exact) mass is 635 g/mol. The van der Waals surface area contributed by atoms with E-state index in [4.69, 9.17) is 25.8 Å². The van der Waals surface area contributed by atoms with Crippen LogP contribution in [0.4, 0.5) is 4.79 Å². The van der Waals surface area contributed by atoms with E-state index in [1.54, 1.807) is 40.0 Å². The van der Waals surface area contributed by atoms with Gasteiger partial charge in [0.15, 0.2) is 0 Å². The number of nitrogens with one attached hydrogen (secondary N) is 2. The molecule has 0 bridgehead atoms.